The highest BCUT2D eigenvalue weighted by Gasteiger charge is 2.05. The van der Waals surface area contributed by atoms with Crippen molar-refractivity contribution >= 4 is 15.9 Å². The number of hydrogen-bond donors (Lipinski definition) is 0. The van der Waals surface area contributed by atoms with E-state index in [-0.39, 0.29) is 5.82 Å². The van der Waals surface area contributed by atoms with Crippen LogP contribution >= 0.6 is 15.9 Å². The van der Waals surface area contributed by atoms with Gasteiger partial charge in [0.15, 0.2) is 0 Å². The van der Waals surface area contributed by atoms with Crippen LogP contribution in [0, 0.1) is 5.82 Å². The molecule has 0 fully saturated rings. The van der Waals surface area contributed by atoms with Gasteiger partial charge in [-0.05, 0) is 36.4 Å². The molecule has 0 bridgehead atoms. The first-order valence-electron chi connectivity index (χ1n) is 6.16. The Morgan fingerprint density at radius 1 is 1.14 bits per heavy atom. The Morgan fingerprint density at radius 3 is 2.62 bits per heavy atom. The van der Waals surface area contributed by atoms with Crippen molar-refractivity contribution in [3.8, 4) is 17.2 Å². The molecular formula is C15H10BrFN2O2. The third-order valence-corrected chi connectivity index (χ3v) is 3.61. The molecule has 0 aliphatic rings. The smallest absolute Gasteiger partial charge is 0.247 e. The van der Waals surface area contributed by atoms with Gasteiger partial charge in [-0.1, -0.05) is 22.0 Å². The Labute approximate surface area is 128 Å². The Balaban J connectivity index is 1.68. The van der Waals surface area contributed by atoms with E-state index in [9.17, 15) is 4.39 Å². The summed E-state index contributed by atoms with van der Waals surface area (Å²) in [5.41, 5.74) is 1.69. The summed E-state index contributed by atoms with van der Waals surface area (Å²) in [4.78, 5) is 0. The molecule has 6 heteroatoms. The molecule has 4 nitrogen and oxygen atoms in total. The highest BCUT2D eigenvalue weighted by atomic mass is 79.9. The SMILES string of the molecule is Fc1ccc(COc2ccc(-c3nnco3)cc2)c(Br)c1. The quantitative estimate of drug-likeness (QED) is 0.708. The summed E-state index contributed by atoms with van der Waals surface area (Å²) in [6.45, 7) is 0.348. The summed E-state index contributed by atoms with van der Waals surface area (Å²) in [6.07, 6.45) is 1.28. The molecular weight excluding hydrogens is 339 g/mol. The first kappa shape index (κ1) is 13.8. The zero-order valence-electron chi connectivity index (χ0n) is 10.8. The predicted molar refractivity (Wildman–Crippen MR) is 78.2 cm³/mol. The van der Waals surface area contributed by atoms with E-state index in [1.807, 2.05) is 24.3 Å². The molecule has 2 aromatic carbocycles. The van der Waals surface area contributed by atoms with E-state index >= 15 is 0 Å². The van der Waals surface area contributed by atoms with Crippen LogP contribution in [0.5, 0.6) is 5.75 Å². The average Bonchev–Trinajstić information content (AvgIpc) is 3.01. The van der Waals surface area contributed by atoms with E-state index in [1.54, 1.807) is 6.07 Å². The highest BCUT2D eigenvalue weighted by Crippen LogP contribution is 2.23. The summed E-state index contributed by atoms with van der Waals surface area (Å²) in [6, 6.07) is 11.8. The zero-order chi connectivity index (χ0) is 14.7. The third kappa shape index (κ3) is 3.28. The van der Waals surface area contributed by atoms with Crippen LogP contribution in [0.2, 0.25) is 0 Å². The fraction of sp³-hybridized carbons (Fsp3) is 0.0667. The maximum atomic E-state index is 13.0. The topological polar surface area (TPSA) is 48.2 Å². The number of rotatable bonds is 4. The predicted octanol–water partition coefficient (Wildman–Crippen LogP) is 4.22. The van der Waals surface area contributed by atoms with E-state index < -0.39 is 0 Å². The maximum absolute atomic E-state index is 13.0. The Morgan fingerprint density at radius 2 is 1.95 bits per heavy atom. The number of halogens is 2. The Kier molecular flexibility index (Phi) is 3.96. The van der Waals surface area contributed by atoms with Crippen molar-refractivity contribution in [3.63, 3.8) is 0 Å². The fourth-order valence-electron chi connectivity index (χ4n) is 1.79. The van der Waals surface area contributed by atoms with Gasteiger partial charge in [-0.3, -0.25) is 0 Å². The van der Waals surface area contributed by atoms with Crippen LogP contribution in [0.1, 0.15) is 5.56 Å². The number of nitrogens with zero attached hydrogens (tertiary/aromatic N) is 2. The molecule has 0 spiro atoms. The largest absolute Gasteiger partial charge is 0.489 e. The van der Waals surface area contributed by atoms with Gasteiger partial charge in [-0.15, -0.1) is 10.2 Å². The molecule has 0 aliphatic heterocycles. The lowest BCUT2D eigenvalue weighted by atomic mass is 10.2. The first-order chi connectivity index (χ1) is 10.2. The normalized spacial score (nSPS) is 10.6. The van der Waals surface area contributed by atoms with Crippen LogP contribution in [0.3, 0.4) is 0 Å². The summed E-state index contributed by atoms with van der Waals surface area (Å²) < 4.78 is 24.5. The fourth-order valence-corrected chi connectivity index (χ4v) is 2.26. The molecule has 0 unspecified atom stereocenters. The van der Waals surface area contributed by atoms with Gasteiger partial charge in [0.2, 0.25) is 12.3 Å². The van der Waals surface area contributed by atoms with Gasteiger partial charge in [-0.2, -0.15) is 0 Å². The van der Waals surface area contributed by atoms with Crippen molar-refractivity contribution in [2.75, 3.05) is 0 Å². The average molecular weight is 349 g/mol. The molecule has 0 atom stereocenters. The van der Waals surface area contributed by atoms with E-state index in [0.717, 1.165) is 11.1 Å². The summed E-state index contributed by atoms with van der Waals surface area (Å²) in [7, 11) is 0. The van der Waals surface area contributed by atoms with Crippen LogP contribution in [0.4, 0.5) is 4.39 Å². The van der Waals surface area contributed by atoms with Gasteiger partial charge >= 0.3 is 0 Å². The molecule has 0 radical (unpaired) electrons. The lowest BCUT2D eigenvalue weighted by Gasteiger charge is -2.08. The Bertz CT molecular complexity index is 730. The second-order valence-corrected chi connectivity index (χ2v) is 5.15. The summed E-state index contributed by atoms with van der Waals surface area (Å²) >= 11 is 3.31. The molecule has 0 saturated carbocycles. The number of ether oxygens (including phenoxy) is 1. The van der Waals surface area contributed by atoms with Crippen LogP contribution in [-0.4, -0.2) is 10.2 Å². The van der Waals surface area contributed by atoms with Gasteiger partial charge in [0.1, 0.15) is 18.2 Å². The van der Waals surface area contributed by atoms with Crippen molar-refractivity contribution in [3.05, 3.63) is 64.7 Å². The van der Waals surface area contributed by atoms with Gasteiger partial charge in [-0.25, -0.2) is 4.39 Å². The first-order valence-corrected chi connectivity index (χ1v) is 6.95. The summed E-state index contributed by atoms with van der Waals surface area (Å²) in [5.74, 6) is 0.881. The number of benzene rings is 2. The number of hydrogen-bond acceptors (Lipinski definition) is 4. The van der Waals surface area contributed by atoms with Crippen molar-refractivity contribution < 1.29 is 13.5 Å². The van der Waals surface area contributed by atoms with Gasteiger partial charge in [0, 0.05) is 15.6 Å². The van der Waals surface area contributed by atoms with Crippen LogP contribution in [0.15, 0.2) is 57.7 Å². The minimum Gasteiger partial charge on any atom is -0.489 e. The van der Waals surface area contributed by atoms with E-state index in [1.165, 1.54) is 18.5 Å². The van der Waals surface area contributed by atoms with Crippen LogP contribution in [0.25, 0.3) is 11.5 Å². The maximum Gasteiger partial charge on any atom is 0.247 e. The van der Waals surface area contributed by atoms with Crippen molar-refractivity contribution in [2.24, 2.45) is 0 Å². The zero-order valence-corrected chi connectivity index (χ0v) is 12.4. The van der Waals surface area contributed by atoms with Crippen LogP contribution < -0.4 is 4.74 Å². The van der Waals surface area contributed by atoms with Gasteiger partial charge in [0.25, 0.3) is 0 Å². The van der Waals surface area contributed by atoms with E-state index in [2.05, 4.69) is 26.1 Å². The number of aromatic nitrogens is 2. The lowest BCUT2D eigenvalue weighted by molar-refractivity contribution is 0.305. The minimum atomic E-state index is -0.283. The van der Waals surface area contributed by atoms with Crippen molar-refractivity contribution in [2.45, 2.75) is 6.61 Å². The second kappa shape index (κ2) is 6.05. The van der Waals surface area contributed by atoms with Crippen LogP contribution in [-0.2, 0) is 6.61 Å². The monoisotopic (exact) mass is 348 g/mol. The molecule has 0 saturated heterocycles. The summed E-state index contributed by atoms with van der Waals surface area (Å²) in [5, 5.41) is 7.46. The lowest BCUT2D eigenvalue weighted by Crippen LogP contribution is -1.96. The molecule has 1 heterocycles. The van der Waals surface area contributed by atoms with E-state index in [4.69, 9.17) is 9.15 Å². The molecule has 3 aromatic rings. The Hall–Kier alpha value is -2.21. The molecule has 3 rings (SSSR count). The molecule has 0 N–H and O–H groups in total. The van der Waals surface area contributed by atoms with E-state index in [0.29, 0.717) is 22.7 Å². The highest BCUT2D eigenvalue weighted by molar-refractivity contribution is 9.10. The minimum absolute atomic E-state index is 0.283. The van der Waals surface area contributed by atoms with Gasteiger partial charge in [0.05, 0.1) is 0 Å². The molecule has 21 heavy (non-hydrogen) atoms. The van der Waals surface area contributed by atoms with Crippen molar-refractivity contribution in [1.29, 1.82) is 0 Å². The standard InChI is InChI=1S/C15H10BrFN2O2/c16-14-7-12(17)4-1-11(14)8-20-13-5-2-10(3-6-13)15-19-18-9-21-15/h1-7,9H,8H2. The molecule has 1 aromatic heterocycles. The molecule has 0 amide bonds. The van der Waals surface area contributed by atoms with Crippen molar-refractivity contribution in [1.82, 2.24) is 10.2 Å². The third-order valence-electron chi connectivity index (χ3n) is 2.87. The van der Waals surface area contributed by atoms with Gasteiger partial charge < -0.3 is 9.15 Å². The molecule has 106 valence electrons. The molecule has 0 aliphatic carbocycles. The second-order valence-electron chi connectivity index (χ2n) is 4.29.